The maximum absolute atomic E-state index is 4.83. The molecule has 0 spiro atoms. The van der Waals surface area contributed by atoms with Crippen molar-refractivity contribution in [1.82, 2.24) is 10.3 Å². The van der Waals surface area contributed by atoms with Crippen LogP contribution in [0, 0.1) is 0 Å². The first-order valence-electron chi connectivity index (χ1n) is 7.55. The van der Waals surface area contributed by atoms with E-state index < -0.39 is 0 Å². The molecule has 0 atom stereocenters. The SMILES string of the molecule is CCCNCc1csc(C2CCCCCCC2)n1. The molecule has 1 heterocycles. The van der Waals surface area contributed by atoms with E-state index in [-0.39, 0.29) is 0 Å². The van der Waals surface area contributed by atoms with E-state index in [0.29, 0.717) is 0 Å². The predicted molar refractivity (Wildman–Crippen MR) is 79.2 cm³/mol. The van der Waals surface area contributed by atoms with Crippen molar-refractivity contribution >= 4 is 11.3 Å². The molecule has 2 rings (SSSR count). The fraction of sp³-hybridized carbons (Fsp3) is 0.800. The Morgan fingerprint density at radius 3 is 2.67 bits per heavy atom. The summed E-state index contributed by atoms with van der Waals surface area (Å²) in [5.74, 6) is 0.746. The third kappa shape index (κ3) is 4.36. The molecule has 0 aliphatic heterocycles. The number of hydrogen-bond acceptors (Lipinski definition) is 3. The summed E-state index contributed by atoms with van der Waals surface area (Å²) in [5, 5.41) is 7.07. The molecule has 1 fully saturated rings. The molecule has 2 nitrogen and oxygen atoms in total. The van der Waals surface area contributed by atoms with Gasteiger partial charge in [-0.15, -0.1) is 11.3 Å². The molecule has 0 bridgehead atoms. The van der Waals surface area contributed by atoms with Gasteiger partial charge in [0.05, 0.1) is 10.7 Å². The van der Waals surface area contributed by atoms with Gasteiger partial charge >= 0.3 is 0 Å². The van der Waals surface area contributed by atoms with Gasteiger partial charge in [0.25, 0.3) is 0 Å². The minimum absolute atomic E-state index is 0.746. The van der Waals surface area contributed by atoms with E-state index in [0.717, 1.165) is 19.0 Å². The molecule has 0 aromatic carbocycles. The Balaban J connectivity index is 1.86. The van der Waals surface area contributed by atoms with Crippen molar-refractivity contribution in [2.45, 2.75) is 70.8 Å². The molecule has 18 heavy (non-hydrogen) atoms. The summed E-state index contributed by atoms with van der Waals surface area (Å²) in [7, 11) is 0. The van der Waals surface area contributed by atoms with Crippen LogP contribution in [0.5, 0.6) is 0 Å². The Morgan fingerprint density at radius 1 is 1.22 bits per heavy atom. The third-order valence-corrected chi connectivity index (χ3v) is 4.81. The summed E-state index contributed by atoms with van der Waals surface area (Å²) in [6, 6.07) is 0. The minimum Gasteiger partial charge on any atom is -0.311 e. The molecule has 1 saturated carbocycles. The fourth-order valence-corrected chi connectivity index (χ4v) is 3.68. The highest BCUT2D eigenvalue weighted by atomic mass is 32.1. The molecular formula is C15H26N2S. The molecule has 3 heteroatoms. The minimum atomic E-state index is 0.746. The highest BCUT2D eigenvalue weighted by Gasteiger charge is 2.16. The van der Waals surface area contributed by atoms with Crippen LogP contribution in [-0.2, 0) is 6.54 Å². The first-order chi connectivity index (χ1) is 8.90. The second kappa shape index (κ2) is 7.90. The predicted octanol–water partition coefficient (Wildman–Crippen LogP) is 4.47. The van der Waals surface area contributed by atoms with Crippen LogP contribution in [0.3, 0.4) is 0 Å². The highest BCUT2D eigenvalue weighted by molar-refractivity contribution is 7.09. The molecular weight excluding hydrogens is 240 g/mol. The number of nitrogens with one attached hydrogen (secondary N) is 1. The smallest absolute Gasteiger partial charge is 0.0959 e. The van der Waals surface area contributed by atoms with Crippen LogP contribution in [0.1, 0.15) is 74.9 Å². The lowest BCUT2D eigenvalue weighted by Gasteiger charge is -2.17. The van der Waals surface area contributed by atoms with Crippen LogP contribution in [0.25, 0.3) is 0 Å². The molecule has 1 N–H and O–H groups in total. The fourth-order valence-electron chi connectivity index (χ4n) is 2.69. The number of nitrogens with zero attached hydrogens (tertiary/aromatic N) is 1. The van der Waals surface area contributed by atoms with Crippen molar-refractivity contribution in [1.29, 1.82) is 0 Å². The van der Waals surface area contributed by atoms with Crippen LogP contribution in [0.2, 0.25) is 0 Å². The van der Waals surface area contributed by atoms with Crippen molar-refractivity contribution in [3.8, 4) is 0 Å². The molecule has 0 radical (unpaired) electrons. The van der Waals surface area contributed by atoms with Crippen molar-refractivity contribution in [2.24, 2.45) is 0 Å². The zero-order valence-electron chi connectivity index (χ0n) is 11.6. The molecule has 1 aromatic rings. The van der Waals surface area contributed by atoms with Crippen molar-refractivity contribution in [3.63, 3.8) is 0 Å². The van der Waals surface area contributed by atoms with Crippen molar-refractivity contribution in [3.05, 3.63) is 16.1 Å². The molecule has 1 aliphatic rings. The van der Waals surface area contributed by atoms with Gasteiger partial charge in [0.15, 0.2) is 0 Å². The number of thiazole rings is 1. The first kappa shape index (κ1) is 14.0. The van der Waals surface area contributed by atoms with E-state index in [1.165, 1.54) is 62.1 Å². The van der Waals surface area contributed by atoms with Gasteiger partial charge in [-0.2, -0.15) is 0 Å². The van der Waals surface area contributed by atoms with Crippen molar-refractivity contribution < 1.29 is 0 Å². The van der Waals surface area contributed by atoms with E-state index in [2.05, 4.69) is 17.6 Å². The average molecular weight is 266 g/mol. The van der Waals surface area contributed by atoms with Crippen LogP contribution < -0.4 is 5.32 Å². The maximum Gasteiger partial charge on any atom is 0.0959 e. The molecule has 102 valence electrons. The van der Waals surface area contributed by atoms with Gasteiger partial charge in [0.2, 0.25) is 0 Å². The van der Waals surface area contributed by atoms with Gasteiger partial charge < -0.3 is 5.32 Å². The summed E-state index contributed by atoms with van der Waals surface area (Å²) in [4.78, 5) is 4.83. The molecule has 0 saturated heterocycles. The maximum atomic E-state index is 4.83. The first-order valence-corrected chi connectivity index (χ1v) is 8.43. The zero-order chi connectivity index (χ0) is 12.6. The van der Waals surface area contributed by atoms with E-state index in [9.17, 15) is 0 Å². The normalized spacial score (nSPS) is 18.5. The van der Waals surface area contributed by atoms with Gasteiger partial charge in [-0.3, -0.25) is 0 Å². The lowest BCUT2D eigenvalue weighted by atomic mass is 9.92. The zero-order valence-corrected chi connectivity index (χ0v) is 12.4. The number of rotatable bonds is 5. The van der Waals surface area contributed by atoms with E-state index in [1.807, 2.05) is 11.3 Å². The van der Waals surface area contributed by atoms with E-state index in [4.69, 9.17) is 4.98 Å². The largest absolute Gasteiger partial charge is 0.311 e. The monoisotopic (exact) mass is 266 g/mol. The molecule has 0 amide bonds. The number of aromatic nitrogens is 1. The Bertz CT molecular complexity index is 327. The number of hydrogen-bond donors (Lipinski definition) is 1. The summed E-state index contributed by atoms with van der Waals surface area (Å²) in [6.07, 6.45) is 11.0. The molecule has 1 aromatic heterocycles. The standard InChI is InChI=1S/C15H26N2S/c1-2-10-16-11-14-12-18-15(17-14)13-8-6-4-3-5-7-9-13/h12-13,16H,2-11H2,1H3. The lowest BCUT2D eigenvalue weighted by Crippen LogP contribution is -2.14. The van der Waals surface area contributed by atoms with Gasteiger partial charge in [0, 0.05) is 17.8 Å². The van der Waals surface area contributed by atoms with Crippen LogP contribution in [-0.4, -0.2) is 11.5 Å². The van der Waals surface area contributed by atoms with Gasteiger partial charge in [-0.25, -0.2) is 4.98 Å². The van der Waals surface area contributed by atoms with Crippen LogP contribution in [0.4, 0.5) is 0 Å². The average Bonchev–Trinajstić information content (AvgIpc) is 2.78. The summed E-state index contributed by atoms with van der Waals surface area (Å²) in [6.45, 7) is 4.24. The Labute approximate surface area is 115 Å². The van der Waals surface area contributed by atoms with E-state index in [1.54, 1.807) is 0 Å². The van der Waals surface area contributed by atoms with E-state index >= 15 is 0 Å². The summed E-state index contributed by atoms with van der Waals surface area (Å²) in [5.41, 5.74) is 1.24. The highest BCUT2D eigenvalue weighted by Crippen LogP contribution is 2.32. The Hall–Kier alpha value is -0.410. The quantitative estimate of drug-likeness (QED) is 0.795. The molecule has 0 unspecified atom stereocenters. The summed E-state index contributed by atoms with van der Waals surface area (Å²) < 4.78 is 0. The van der Waals surface area contributed by atoms with Gasteiger partial charge in [-0.05, 0) is 25.8 Å². The molecule has 1 aliphatic carbocycles. The van der Waals surface area contributed by atoms with Crippen LogP contribution in [0.15, 0.2) is 5.38 Å². The van der Waals surface area contributed by atoms with Crippen LogP contribution >= 0.6 is 11.3 Å². The Morgan fingerprint density at radius 2 is 1.94 bits per heavy atom. The second-order valence-electron chi connectivity index (χ2n) is 5.40. The van der Waals surface area contributed by atoms with Gasteiger partial charge in [0.1, 0.15) is 0 Å². The second-order valence-corrected chi connectivity index (χ2v) is 6.29. The lowest BCUT2D eigenvalue weighted by molar-refractivity contribution is 0.454. The third-order valence-electron chi connectivity index (χ3n) is 3.76. The van der Waals surface area contributed by atoms with Crippen molar-refractivity contribution in [2.75, 3.05) is 6.54 Å². The topological polar surface area (TPSA) is 24.9 Å². The summed E-state index contributed by atoms with van der Waals surface area (Å²) >= 11 is 1.88. The Kier molecular flexibility index (Phi) is 6.15. The van der Waals surface area contributed by atoms with Gasteiger partial charge in [-0.1, -0.05) is 39.0 Å².